The number of methoxy groups -OCH3 is 1. The molecule has 0 spiro atoms. The lowest BCUT2D eigenvalue weighted by atomic mass is 10.2. The summed E-state index contributed by atoms with van der Waals surface area (Å²) in [5.74, 6) is 0. The maximum absolute atomic E-state index is 6.04. The minimum atomic E-state index is -0.0389. The number of nitrogens with one attached hydrogen (secondary N) is 1. The molecule has 1 unspecified atom stereocenters. The second-order valence-electron chi connectivity index (χ2n) is 3.40. The molecule has 0 aliphatic carbocycles. The highest BCUT2D eigenvalue weighted by Gasteiger charge is 2.06. The summed E-state index contributed by atoms with van der Waals surface area (Å²) >= 11 is 17.9. The molecule has 0 aliphatic rings. The summed E-state index contributed by atoms with van der Waals surface area (Å²) in [4.78, 5) is 0. The molecule has 0 saturated carbocycles. The van der Waals surface area contributed by atoms with Gasteiger partial charge in [-0.05, 0) is 11.6 Å². The molecule has 1 rings (SSSR count). The van der Waals surface area contributed by atoms with Crippen LogP contribution in [0.25, 0.3) is 0 Å². The van der Waals surface area contributed by atoms with Gasteiger partial charge in [-0.2, -0.15) is 0 Å². The van der Waals surface area contributed by atoms with Crippen molar-refractivity contribution in [2.75, 3.05) is 20.3 Å². The van der Waals surface area contributed by atoms with Crippen LogP contribution in [0, 0.1) is 0 Å². The normalized spacial score (nSPS) is 12.8. The Kier molecular flexibility index (Phi) is 6.47. The highest BCUT2D eigenvalue weighted by atomic mass is 35.5. The van der Waals surface area contributed by atoms with Crippen molar-refractivity contribution in [3.05, 3.63) is 33.8 Å². The lowest BCUT2D eigenvalue weighted by molar-refractivity contribution is 0.197. The molecule has 1 aromatic carbocycles. The van der Waals surface area contributed by atoms with Gasteiger partial charge in [0.2, 0.25) is 0 Å². The molecule has 0 saturated heterocycles. The largest absolute Gasteiger partial charge is 0.383 e. The molecule has 2 nitrogen and oxygen atoms in total. The van der Waals surface area contributed by atoms with Crippen LogP contribution in [0.2, 0.25) is 10.0 Å². The highest BCUT2D eigenvalue weighted by Crippen LogP contribution is 2.25. The number of alkyl halides is 1. The molecular formula is C11H14Cl3NO. The van der Waals surface area contributed by atoms with Gasteiger partial charge in [0.1, 0.15) is 0 Å². The van der Waals surface area contributed by atoms with Crippen LogP contribution < -0.4 is 5.32 Å². The quantitative estimate of drug-likeness (QED) is 0.808. The molecule has 0 fully saturated rings. The second-order valence-corrected chi connectivity index (χ2v) is 4.80. The molecule has 0 heterocycles. The summed E-state index contributed by atoms with van der Waals surface area (Å²) in [7, 11) is 1.63. The minimum absolute atomic E-state index is 0.0389. The van der Waals surface area contributed by atoms with Gasteiger partial charge in [-0.25, -0.2) is 0 Å². The van der Waals surface area contributed by atoms with Crippen molar-refractivity contribution < 1.29 is 4.74 Å². The van der Waals surface area contributed by atoms with Crippen LogP contribution in [0.15, 0.2) is 18.2 Å². The Bertz CT molecular complexity index is 333. The summed E-state index contributed by atoms with van der Waals surface area (Å²) in [5, 5.41) is 4.32. The van der Waals surface area contributed by atoms with Gasteiger partial charge in [-0.1, -0.05) is 35.3 Å². The average molecular weight is 283 g/mol. The lowest BCUT2D eigenvalue weighted by Gasteiger charge is -2.11. The van der Waals surface area contributed by atoms with Gasteiger partial charge in [-0.15, -0.1) is 11.6 Å². The Morgan fingerprint density at radius 1 is 1.38 bits per heavy atom. The molecule has 0 radical (unpaired) electrons. The molecule has 90 valence electrons. The van der Waals surface area contributed by atoms with E-state index in [1.807, 2.05) is 12.1 Å². The first kappa shape index (κ1) is 14.1. The Morgan fingerprint density at radius 2 is 2.12 bits per heavy atom. The summed E-state index contributed by atoms with van der Waals surface area (Å²) in [5.41, 5.74) is 0.968. The topological polar surface area (TPSA) is 21.3 Å². The van der Waals surface area contributed by atoms with Gasteiger partial charge in [-0.3, -0.25) is 0 Å². The van der Waals surface area contributed by atoms with Gasteiger partial charge >= 0.3 is 0 Å². The van der Waals surface area contributed by atoms with Crippen molar-refractivity contribution in [2.24, 2.45) is 0 Å². The van der Waals surface area contributed by atoms with Gasteiger partial charge in [0.05, 0.1) is 22.0 Å². The fourth-order valence-corrected chi connectivity index (χ4v) is 1.91. The lowest BCUT2D eigenvalue weighted by Crippen LogP contribution is -2.25. The van der Waals surface area contributed by atoms with Crippen LogP contribution in [-0.2, 0) is 11.3 Å². The summed E-state index contributed by atoms with van der Waals surface area (Å²) < 4.78 is 4.93. The Hall–Kier alpha value is 0.01000. The molecule has 0 bridgehead atoms. The monoisotopic (exact) mass is 281 g/mol. The first-order valence-corrected chi connectivity index (χ1v) is 6.11. The van der Waals surface area contributed by atoms with Gasteiger partial charge in [0.25, 0.3) is 0 Å². The minimum Gasteiger partial charge on any atom is -0.383 e. The Balaban J connectivity index is 2.40. The zero-order valence-electron chi connectivity index (χ0n) is 8.97. The molecule has 1 atom stereocenters. The highest BCUT2D eigenvalue weighted by molar-refractivity contribution is 6.42. The van der Waals surface area contributed by atoms with Crippen molar-refractivity contribution >= 4 is 34.8 Å². The van der Waals surface area contributed by atoms with Crippen molar-refractivity contribution in [1.82, 2.24) is 5.32 Å². The zero-order chi connectivity index (χ0) is 12.0. The Labute approximate surface area is 111 Å². The maximum atomic E-state index is 6.04. The third kappa shape index (κ3) is 4.48. The summed E-state index contributed by atoms with van der Waals surface area (Å²) in [6.07, 6.45) is 0. The first-order chi connectivity index (χ1) is 7.65. The average Bonchev–Trinajstić information content (AvgIpc) is 2.25. The first-order valence-electron chi connectivity index (χ1n) is 4.91. The zero-order valence-corrected chi connectivity index (χ0v) is 11.2. The van der Waals surface area contributed by atoms with Crippen LogP contribution in [0.5, 0.6) is 0 Å². The summed E-state index contributed by atoms with van der Waals surface area (Å²) in [6.45, 7) is 1.84. The number of ether oxygens (including phenoxy) is 1. The molecule has 5 heteroatoms. The second kappa shape index (κ2) is 7.36. The number of hydrogen-bond acceptors (Lipinski definition) is 2. The van der Waals surface area contributed by atoms with Crippen molar-refractivity contribution in [2.45, 2.75) is 11.9 Å². The molecule has 0 aliphatic heterocycles. The van der Waals surface area contributed by atoms with Crippen molar-refractivity contribution in [3.63, 3.8) is 0 Å². The van der Waals surface area contributed by atoms with E-state index in [1.165, 1.54) is 0 Å². The smallest absolute Gasteiger partial charge is 0.0694 e. The number of halogens is 3. The predicted octanol–water partition coefficient (Wildman–Crippen LogP) is 3.34. The predicted molar refractivity (Wildman–Crippen MR) is 69.7 cm³/mol. The third-order valence-electron chi connectivity index (χ3n) is 2.06. The molecule has 16 heavy (non-hydrogen) atoms. The van der Waals surface area contributed by atoms with E-state index in [1.54, 1.807) is 13.2 Å². The molecule has 0 aromatic heterocycles. The summed E-state index contributed by atoms with van der Waals surface area (Å²) in [6, 6.07) is 5.57. The van der Waals surface area contributed by atoms with E-state index in [-0.39, 0.29) is 5.38 Å². The number of rotatable bonds is 6. The fourth-order valence-electron chi connectivity index (χ4n) is 1.29. The fraction of sp³-hybridized carbons (Fsp3) is 0.455. The van der Waals surface area contributed by atoms with Gasteiger partial charge in [0.15, 0.2) is 0 Å². The van der Waals surface area contributed by atoms with Crippen LogP contribution in [0.1, 0.15) is 5.56 Å². The van der Waals surface area contributed by atoms with E-state index in [2.05, 4.69) is 5.32 Å². The van der Waals surface area contributed by atoms with Gasteiger partial charge < -0.3 is 10.1 Å². The van der Waals surface area contributed by atoms with Crippen LogP contribution >= 0.6 is 34.8 Å². The molecule has 1 N–H and O–H groups in total. The van der Waals surface area contributed by atoms with E-state index < -0.39 is 0 Å². The van der Waals surface area contributed by atoms with Crippen LogP contribution in [0.4, 0.5) is 0 Å². The van der Waals surface area contributed by atoms with Crippen molar-refractivity contribution in [1.29, 1.82) is 0 Å². The number of benzene rings is 1. The SMILES string of the molecule is COCC(Cl)CNCc1cccc(Cl)c1Cl. The van der Waals surface area contributed by atoms with E-state index >= 15 is 0 Å². The van der Waals surface area contributed by atoms with E-state index in [9.17, 15) is 0 Å². The third-order valence-corrected chi connectivity index (χ3v) is 3.20. The molecule has 0 amide bonds. The van der Waals surface area contributed by atoms with Crippen LogP contribution in [0.3, 0.4) is 0 Å². The number of hydrogen-bond donors (Lipinski definition) is 1. The maximum Gasteiger partial charge on any atom is 0.0694 e. The van der Waals surface area contributed by atoms with Gasteiger partial charge in [0, 0.05) is 20.2 Å². The van der Waals surface area contributed by atoms with E-state index in [0.717, 1.165) is 5.56 Å². The Morgan fingerprint density at radius 3 is 2.81 bits per heavy atom. The standard InChI is InChI=1S/C11H14Cl3NO/c1-16-7-9(12)6-15-5-8-3-2-4-10(13)11(8)14/h2-4,9,15H,5-7H2,1H3. The molecular weight excluding hydrogens is 268 g/mol. The van der Waals surface area contributed by atoms with Crippen molar-refractivity contribution in [3.8, 4) is 0 Å². The van der Waals surface area contributed by atoms with E-state index in [0.29, 0.717) is 29.7 Å². The molecule has 1 aromatic rings. The van der Waals surface area contributed by atoms with E-state index in [4.69, 9.17) is 39.5 Å². The van der Waals surface area contributed by atoms with Crippen LogP contribution in [-0.4, -0.2) is 25.6 Å².